The third-order valence-corrected chi connectivity index (χ3v) is 7.82. The van der Waals surface area contributed by atoms with Gasteiger partial charge >= 0.3 is 0 Å². The Kier molecular flexibility index (Phi) is 10.7. The Labute approximate surface area is 263 Å². The summed E-state index contributed by atoms with van der Waals surface area (Å²) in [5.41, 5.74) is 3.17. The van der Waals surface area contributed by atoms with Crippen LogP contribution in [-0.2, 0) is 19.6 Å². The van der Waals surface area contributed by atoms with E-state index in [2.05, 4.69) is 27.5 Å². The summed E-state index contributed by atoms with van der Waals surface area (Å²) in [6.07, 6.45) is 6.76. The molecule has 2 amide bonds. The summed E-state index contributed by atoms with van der Waals surface area (Å²) in [5.74, 6) is 1.25. The van der Waals surface area contributed by atoms with Gasteiger partial charge in [-0.15, -0.1) is 0 Å². The number of carbonyl (C=O) groups excluding carboxylic acids is 2. The average Bonchev–Trinajstić information content (AvgIpc) is 3.90. The number of para-hydroxylation sites is 1. The van der Waals surface area contributed by atoms with Crippen LogP contribution in [0.5, 0.6) is 11.5 Å². The second-order valence-electron chi connectivity index (χ2n) is 11.7. The predicted molar refractivity (Wildman–Crippen MR) is 169 cm³/mol. The number of benzene rings is 2. The van der Waals surface area contributed by atoms with Crippen LogP contribution in [0, 0.1) is 17.7 Å². The van der Waals surface area contributed by atoms with Gasteiger partial charge in [0.25, 0.3) is 11.8 Å². The molecule has 1 aliphatic rings. The van der Waals surface area contributed by atoms with E-state index in [-0.39, 0.29) is 36.2 Å². The van der Waals surface area contributed by atoms with E-state index in [1.54, 1.807) is 36.7 Å². The first kappa shape index (κ1) is 31.6. The number of hydrogen-bond acceptors (Lipinski definition) is 6. The first-order valence-electron chi connectivity index (χ1n) is 15.4. The van der Waals surface area contributed by atoms with E-state index in [1.807, 2.05) is 43.3 Å². The van der Waals surface area contributed by atoms with Crippen LogP contribution in [0.3, 0.4) is 0 Å². The molecule has 0 spiro atoms. The fourth-order valence-corrected chi connectivity index (χ4v) is 4.98. The van der Waals surface area contributed by atoms with Crippen molar-refractivity contribution >= 4 is 11.8 Å². The van der Waals surface area contributed by atoms with Crippen molar-refractivity contribution in [3.8, 4) is 11.5 Å². The Morgan fingerprint density at radius 2 is 1.49 bits per heavy atom. The quantitative estimate of drug-likeness (QED) is 0.164. The van der Waals surface area contributed by atoms with E-state index in [4.69, 9.17) is 9.47 Å². The van der Waals surface area contributed by atoms with Crippen molar-refractivity contribution in [2.45, 2.75) is 58.8 Å². The largest absolute Gasteiger partial charge is 0.487 e. The molecule has 0 bridgehead atoms. The zero-order valence-corrected chi connectivity index (χ0v) is 25.7. The molecule has 2 heterocycles. The van der Waals surface area contributed by atoms with Crippen LogP contribution in [0.4, 0.5) is 4.39 Å². The normalized spacial score (nSPS) is 13.8. The van der Waals surface area contributed by atoms with Crippen LogP contribution in [0.15, 0.2) is 85.2 Å². The molecule has 45 heavy (non-hydrogen) atoms. The number of carbonyl (C=O) groups is 2. The maximum Gasteiger partial charge on any atom is 0.253 e. The van der Waals surface area contributed by atoms with Crippen LogP contribution in [-0.4, -0.2) is 34.4 Å². The van der Waals surface area contributed by atoms with Crippen molar-refractivity contribution in [1.82, 2.24) is 20.6 Å². The Balaban J connectivity index is 1.03. The fraction of sp³-hybridized carbons (Fsp3) is 0.333. The van der Waals surface area contributed by atoms with Gasteiger partial charge in [-0.3, -0.25) is 19.6 Å². The molecule has 234 valence electrons. The number of aromatic nitrogens is 2. The van der Waals surface area contributed by atoms with Gasteiger partial charge in [0, 0.05) is 31.0 Å². The van der Waals surface area contributed by atoms with E-state index in [0.29, 0.717) is 48.1 Å². The Morgan fingerprint density at radius 3 is 2.11 bits per heavy atom. The molecule has 1 aliphatic carbocycles. The molecule has 5 rings (SSSR count). The highest BCUT2D eigenvalue weighted by Gasteiger charge is 2.29. The zero-order valence-electron chi connectivity index (χ0n) is 25.7. The van der Waals surface area contributed by atoms with Crippen molar-refractivity contribution in [1.29, 1.82) is 0 Å². The molecule has 2 aromatic heterocycles. The lowest BCUT2D eigenvalue weighted by Gasteiger charge is -2.14. The van der Waals surface area contributed by atoms with Crippen molar-refractivity contribution in [3.63, 3.8) is 0 Å². The van der Waals surface area contributed by atoms with Gasteiger partial charge in [-0.2, -0.15) is 0 Å². The van der Waals surface area contributed by atoms with Crippen molar-refractivity contribution in [2.75, 3.05) is 6.54 Å². The van der Waals surface area contributed by atoms with Gasteiger partial charge < -0.3 is 20.1 Å². The number of halogens is 1. The average molecular weight is 611 g/mol. The highest BCUT2D eigenvalue weighted by Crippen LogP contribution is 2.32. The van der Waals surface area contributed by atoms with E-state index in [0.717, 1.165) is 36.3 Å². The molecule has 0 radical (unpaired) electrons. The van der Waals surface area contributed by atoms with Crippen LogP contribution in [0.25, 0.3) is 0 Å². The number of pyridine rings is 2. The minimum Gasteiger partial charge on any atom is -0.487 e. The Bertz CT molecular complexity index is 1560. The molecule has 2 unspecified atom stereocenters. The SMILES string of the molecule is CC(CCNC(=O)c1ccc(COc2ccccc2)nc1)Cc1cc(F)cc(OCc2ccc(C(=O)NC(C)C3CC3)cn2)c1. The predicted octanol–water partition coefficient (Wildman–Crippen LogP) is 6.30. The van der Waals surface area contributed by atoms with Crippen molar-refractivity contribution in [3.05, 3.63) is 119 Å². The monoisotopic (exact) mass is 610 g/mol. The zero-order chi connectivity index (χ0) is 31.6. The fourth-order valence-electron chi connectivity index (χ4n) is 4.98. The topological polar surface area (TPSA) is 102 Å². The smallest absolute Gasteiger partial charge is 0.253 e. The third-order valence-electron chi connectivity index (χ3n) is 7.82. The second-order valence-corrected chi connectivity index (χ2v) is 11.7. The second kappa shape index (κ2) is 15.3. The molecular weight excluding hydrogens is 571 g/mol. The van der Waals surface area contributed by atoms with Gasteiger partial charge in [0.15, 0.2) is 0 Å². The molecule has 2 atom stereocenters. The van der Waals surface area contributed by atoms with E-state index < -0.39 is 0 Å². The summed E-state index contributed by atoms with van der Waals surface area (Å²) < 4.78 is 25.9. The van der Waals surface area contributed by atoms with E-state index in [1.165, 1.54) is 12.1 Å². The maximum absolute atomic E-state index is 14.4. The summed E-state index contributed by atoms with van der Waals surface area (Å²) in [6, 6.07) is 21.3. The number of amides is 2. The van der Waals surface area contributed by atoms with Crippen molar-refractivity contribution in [2.24, 2.45) is 11.8 Å². The van der Waals surface area contributed by atoms with Gasteiger partial charge in [-0.1, -0.05) is 25.1 Å². The first-order valence-corrected chi connectivity index (χ1v) is 15.4. The summed E-state index contributed by atoms with van der Waals surface area (Å²) in [5, 5.41) is 5.96. The van der Waals surface area contributed by atoms with Gasteiger partial charge in [0.05, 0.1) is 22.5 Å². The lowest BCUT2D eigenvalue weighted by Crippen LogP contribution is -2.34. The summed E-state index contributed by atoms with van der Waals surface area (Å²) >= 11 is 0. The minimum absolute atomic E-state index is 0.130. The van der Waals surface area contributed by atoms with E-state index in [9.17, 15) is 14.0 Å². The summed E-state index contributed by atoms with van der Waals surface area (Å²) in [7, 11) is 0. The van der Waals surface area contributed by atoms with Crippen LogP contribution >= 0.6 is 0 Å². The highest BCUT2D eigenvalue weighted by atomic mass is 19.1. The number of nitrogens with zero attached hydrogens (tertiary/aromatic N) is 2. The summed E-state index contributed by atoms with van der Waals surface area (Å²) in [4.78, 5) is 33.7. The third kappa shape index (κ3) is 9.86. The Morgan fingerprint density at radius 1 is 0.844 bits per heavy atom. The molecule has 9 heteroatoms. The van der Waals surface area contributed by atoms with Gasteiger partial charge in [-0.05, 0) is 98.5 Å². The van der Waals surface area contributed by atoms with Crippen LogP contribution in [0.2, 0.25) is 0 Å². The molecule has 0 saturated heterocycles. The van der Waals surface area contributed by atoms with Gasteiger partial charge in [0.1, 0.15) is 30.5 Å². The first-order chi connectivity index (χ1) is 21.8. The Hall–Kier alpha value is -4.79. The highest BCUT2D eigenvalue weighted by molar-refractivity contribution is 5.94. The molecule has 1 saturated carbocycles. The van der Waals surface area contributed by atoms with E-state index >= 15 is 0 Å². The summed E-state index contributed by atoms with van der Waals surface area (Å²) in [6.45, 7) is 5.05. The molecule has 8 nitrogen and oxygen atoms in total. The molecule has 0 aliphatic heterocycles. The van der Waals surface area contributed by atoms with Crippen LogP contribution in [0.1, 0.15) is 70.8 Å². The lowest BCUT2D eigenvalue weighted by atomic mass is 9.98. The molecular formula is C36H39FN4O4. The number of rotatable bonds is 15. The number of ether oxygens (including phenoxy) is 2. The molecule has 1 fully saturated rings. The maximum atomic E-state index is 14.4. The molecule has 2 aromatic carbocycles. The lowest BCUT2D eigenvalue weighted by molar-refractivity contribution is 0.0931. The molecule has 4 aromatic rings. The molecule has 2 N–H and O–H groups in total. The van der Waals surface area contributed by atoms with Crippen molar-refractivity contribution < 1.29 is 23.5 Å². The van der Waals surface area contributed by atoms with Gasteiger partial charge in [-0.25, -0.2) is 4.39 Å². The number of hydrogen-bond donors (Lipinski definition) is 2. The van der Waals surface area contributed by atoms with Crippen LogP contribution < -0.4 is 20.1 Å². The number of nitrogens with one attached hydrogen (secondary N) is 2. The van der Waals surface area contributed by atoms with Gasteiger partial charge in [0.2, 0.25) is 0 Å². The minimum atomic E-state index is -0.377. The standard InChI is InChI=1S/C36H39FN4O4/c1-24(14-15-38-35(42)28-10-12-31(39-20-28)22-44-33-6-4-3-5-7-33)16-26-17-30(37)19-34(18-26)45-23-32-13-11-29(21-40-32)36(43)41-25(2)27-8-9-27/h3-7,10-13,17-21,24-25,27H,8-9,14-16,22-23H2,1-2H3,(H,38,42)(H,41,43).